The molecular formula is C12H18N4O2. The lowest BCUT2D eigenvalue weighted by Crippen LogP contribution is -2.48. The molecule has 6 heteroatoms. The molecule has 0 aromatic carbocycles. The molecule has 2 rings (SSSR count). The molecule has 0 radical (unpaired) electrons. The van der Waals surface area contributed by atoms with Gasteiger partial charge in [0, 0.05) is 25.3 Å². The largest absolute Gasteiger partial charge is 0.409 e. The third-order valence-corrected chi connectivity index (χ3v) is 2.93. The van der Waals surface area contributed by atoms with E-state index in [1.54, 1.807) is 0 Å². The van der Waals surface area contributed by atoms with Gasteiger partial charge in [0.2, 0.25) is 0 Å². The Kier molecular flexibility index (Phi) is 4.11. The number of aromatic nitrogens is 1. The van der Waals surface area contributed by atoms with E-state index in [1.807, 2.05) is 25.1 Å². The van der Waals surface area contributed by atoms with Gasteiger partial charge < -0.3 is 15.7 Å². The lowest BCUT2D eigenvalue weighted by Gasteiger charge is -2.31. The summed E-state index contributed by atoms with van der Waals surface area (Å²) in [4.78, 5) is 6.65. The second-order valence-corrected chi connectivity index (χ2v) is 4.39. The number of aryl methyl sites for hydroxylation is 1. The Morgan fingerprint density at radius 2 is 2.50 bits per heavy atom. The van der Waals surface area contributed by atoms with Gasteiger partial charge in [-0.15, -0.1) is 0 Å². The third kappa shape index (κ3) is 3.18. The van der Waals surface area contributed by atoms with E-state index >= 15 is 0 Å². The molecule has 1 unspecified atom stereocenters. The van der Waals surface area contributed by atoms with Crippen molar-refractivity contribution in [3.63, 3.8) is 0 Å². The predicted molar refractivity (Wildman–Crippen MR) is 67.4 cm³/mol. The number of amidine groups is 1. The second-order valence-electron chi connectivity index (χ2n) is 4.39. The van der Waals surface area contributed by atoms with Crippen LogP contribution in [0.25, 0.3) is 0 Å². The maximum Gasteiger partial charge on any atom is 0.169 e. The van der Waals surface area contributed by atoms with Gasteiger partial charge in [0.25, 0.3) is 0 Å². The zero-order valence-corrected chi connectivity index (χ0v) is 10.4. The van der Waals surface area contributed by atoms with Crippen molar-refractivity contribution in [1.29, 1.82) is 0 Å². The quantitative estimate of drug-likeness (QED) is 0.350. The lowest BCUT2D eigenvalue weighted by molar-refractivity contribution is 0.000967. The maximum absolute atomic E-state index is 8.65. The van der Waals surface area contributed by atoms with Crippen molar-refractivity contribution in [2.45, 2.75) is 19.6 Å². The average molecular weight is 250 g/mol. The molecule has 1 fully saturated rings. The van der Waals surface area contributed by atoms with Gasteiger partial charge in [-0.2, -0.15) is 0 Å². The molecule has 0 saturated carbocycles. The number of hydrogen-bond acceptors (Lipinski definition) is 5. The summed E-state index contributed by atoms with van der Waals surface area (Å²) in [6.07, 6.45) is -0.339. The van der Waals surface area contributed by atoms with Crippen LogP contribution in [0.2, 0.25) is 0 Å². The van der Waals surface area contributed by atoms with Gasteiger partial charge in [-0.1, -0.05) is 11.2 Å². The molecule has 18 heavy (non-hydrogen) atoms. The van der Waals surface area contributed by atoms with Gasteiger partial charge in [0.15, 0.2) is 5.84 Å². The summed E-state index contributed by atoms with van der Waals surface area (Å²) in [5.74, 6) is 0.122. The number of morpholine rings is 1. The molecule has 3 N–H and O–H groups in total. The van der Waals surface area contributed by atoms with Crippen LogP contribution in [-0.4, -0.2) is 46.7 Å². The summed E-state index contributed by atoms with van der Waals surface area (Å²) in [6, 6.07) is 5.97. The monoisotopic (exact) mass is 250 g/mol. The fraction of sp³-hybridized carbons (Fsp3) is 0.500. The molecule has 0 spiro atoms. The molecule has 1 aliphatic heterocycles. The van der Waals surface area contributed by atoms with Crippen LogP contribution in [-0.2, 0) is 11.3 Å². The maximum atomic E-state index is 8.65. The Hall–Kier alpha value is -1.66. The van der Waals surface area contributed by atoms with Gasteiger partial charge in [0.1, 0.15) is 6.10 Å². The molecule has 2 heterocycles. The third-order valence-electron chi connectivity index (χ3n) is 2.93. The van der Waals surface area contributed by atoms with Crippen LogP contribution in [0.5, 0.6) is 0 Å². The zero-order chi connectivity index (χ0) is 13.0. The number of ether oxygens (including phenoxy) is 1. The predicted octanol–water partition coefficient (Wildman–Crippen LogP) is 0.337. The Bertz CT molecular complexity index is 436. The standard InChI is InChI=1S/C12H18N4O2/c1-9-3-2-4-10(14-9)7-16-5-6-18-11(8-16)12(13)15-17/h2-4,11,17H,5-8H2,1H3,(H2,13,15). The summed E-state index contributed by atoms with van der Waals surface area (Å²) in [5, 5.41) is 11.6. The van der Waals surface area contributed by atoms with Crippen LogP contribution < -0.4 is 5.73 Å². The van der Waals surface area contributed by atoms with Crippen LogP contribution in [0.3, 0.4) is 0 Å². The van der Waals surface area contributed by atoms with Crippen molar-refractivity contribution >= 4 is 5.84 Å². The molecule has 1 saturated heterocycles. The fourth-order valence-corrected chi connectivity index (χ4v) is 2.01. The van der Waals surface area contributed by atoms with Crippen LogP contribution in [0, 0.1) is 6.92 Å². The van der Waals surface area contributed by atoms with E-state index < -0.39 is 0 Å². The minimum atomic E-state index is -0.339. The molecule has 6 nitrogen and oxygen atoms in total. The molecule has 1 aromatic rings. The number of oxime groups is 1. The van der Waals surface area contributed by atoms with Gasteiger partial charge in [-0.05, 0) is 19.1 Å². The van der Waals surface area contributed by atoms with Gasteiger partial charge in [0.05, 0.1) is 12.3 Å². The zero-order valence-electron chi connectivity index (χ0n) is 10.4. The first kappa shape index (κ1) is 12.8. The highest BCUT2D eigenvalue weighted by Crippen LogP contribution is 2.09. The highest BCUT2D eigenvalue weighted by atomic mass is 16.5. The number of rotatable bonds is 3. The van der Waals surface area contributed by atoms with E-state index in [9.17, 15) is 0 Å². The summed E-state index contributed by atoms with van der Waals surface area (Å²) in [7, 11) is 0. The molecule has 0 aliphatic carbocycles. The Balaban J connectivity index is 1.97. The van der Waals surface area contributed by atoms with Crippen molar-refractivity contribution in [1.82, 2.24) is 9.88 Å². The first-order valence-electron chi connectivity index (χ1n) is 5.93. The SMILES string of the molecule is Cc1cccc(CN2CCOC(C(N)=NO)C2)n1. The van der Waals surface area contributed by atoms with Crippen LogP contribution in [0.4, 0.5) is 0 Å². The summed E-state index contributed by atoms with van der Waals surface area (Å²) in [5.41, 5.74) is 7.59. The summed E-state index contributed by atoms with van der Waals surface area (Å²) >= 11 is 0. The van der Waals surface area contributed by atoms with Crippen LogP contribution in [0.15, 0.2) is 23.4 Å². The molecule has 1 aromatic heterocycles. The summed E-state index contributed by atoms with van der Waals surface area (Å²) in [6.45, 7) is 4.74. The van der Waals surface area contributed by atoms with Crippen LogP contribution in [0.1, 0.15) is 11.4 Å². The molecule has 98 valence electrons. The van der Waals surface area contributed by atoms with Gasteiger partial charge in [-0.25, -0.2) is 0 Å². The van der Waals surface area contributed by atoms with Crippen molar-refractivity contribution in [3.05, 3.63) is 29.6 Å². The minimum absolute atomic E-state index is 0.122. The van der Waals surface area contributed by atoms with E-state index in [-0.39, 0.29) is 11.9 Å². The number of hydrogen-bond donors (Lipinski definition) is 2. The smallest absolute Gasteiger partial charge is 0.169 e. The fourth-order valence-electron chi connectivity index (χ4n) is 2.01. The Labute approximate surface area is 106 Å². The first-order chi connectivity index (χ1) is 8.69. The van der Waals surface area contributed by atoms with E-state index in [0.717, 1.165) is 24.5 Å². The number of nitrogens with zero attached hydrogens (tertiary/aromatic N) is 3. The highest BCUT2D eigenvalue weighted by molar-refractivity contribution is 5.84. The number of nitrogens with two attached hydrogens (primary N) is 1. The van der Waals surface area contributed by atoms with Gasteiger partial charge in [-0.3, -0.25) is 9.88 Å². The average Bonchev–Trinajstić information content (AvgIpc) is 2.38. The van der Waals surface area contributed by atoms with Gasteiger partial charge >= 0.3 is 0 Å². The highest BCUT2D eigenvalue weighted by Gasteiger charge is 2.24. The molecule has 0 amide bonds. The Morgan fingerprint density at radius 1 is 1.67 bits per heavy atom. The Morgan fingerprint density at radius 3 is 3.22 bits per heavy atom. The molecule has 1 atom stereocenters. The van der Waals surface area contributed by atoms with Crippen molar-refractivity contribution in [2.24, 2.45) is 10.9 Å². The normalized spacial score (nSPS) is 22.1. The second kappa shape index (κ2) is 5.79. The van der Waals surface area contributed by atoms with E-state index in [4.69, 9.17) is 15.7 Å². The van der Waals surface area contributed by atoms with E-state index in [0.29, 0.717) is 13.2 Å². The van der Waals surface area contributed by atoms with E-state index in [1.165, 1.54) is 0 Å². The van der Waals surface area contributed by atoms with Crippen molar-refractivity contribution in [3.8, 4) is 0 Å². The topological polar surface area (TPSA) is 84.0 Å². The van der Waals surface area contributed by atoms with Crippen molar-refractivity contribution in [2.75, 3.05) is 19.7 Å². The summed E-state index contributed by atoms with van der Waals surface area (Å²) < 4.78 is 5.44. The van der Waals surface area contributed by atoms with E-state index in [2.05, 4.69) is 15.0 Å². The molecule has 1 aliphatic rings. The van der Waals surface area contributed by atoms with Crippen molar-refractivity contribution < 1.29 is 9.94 Å². The number of pyridine rings is 1. The molecule has 0 bridgehead atoms. The first-order valence-corrected chi connectivity index (χ1v) is 5.93. The lowest BCUT2D eigenvalue weighted by atomic mass is 10.2. The van der Waals surface area contributed by atoms with Crippen LogP contribution >= 0.6 is 0 Å². The minimum Gasteiger partial charge on any atom is -0.409 e. The molecular weight excluding hydrogens is 232 g/mol.